The van der Waals surface area contributed by atoms with Crippen LogP contribution < -0.4 is 4.74 Å². The van der Waals surface area contributed by atoms with Crippen molar-refractivity contribution in [2.45, 2.75) is 6.61 Å². The van der Waals surface area contributed by atoms with Crippen LogP contribution in [0, 0.1) is 0 Å². The van der Waals surface area contributed by atoms with E-state index in [-0.39, 0.29) is 0 Å². The maximum absolute atomic E-state index is 7.73. The van der Waals surface area contributed by atoms with Crippen molar-refractivity contribution in [2.24, 2.45) is 0 Å². The molecular weight excluding hydrogens is 218 g/mol. The molecule has 0 atom stereocenters. The molecule has 3 rings (SSSR count). The lowest BCUT2D eigenvalue weighted by atomic mass is 10.2. The van der Waals surface area contributed by atoms with Crippen LogP contribution in [0.5, 0.6) is 5.75 Å². The molecule has 2 nitrogen and oxygen atoms in total. The predicted octanol–water partition coefficient (Wildman–Crippen LogP) is 3.81. The Labute approximate surface area is 98.9 Å². The zero-order valence-corrected chi connectivity index (χ0v) is 9.38. The summed E-state index contributed by atoms with van der Waals surface area (Å²) in [5.74, 6) is 0.805. The van der Waals surface area contributed by atoms with E-state index in [1.165, 1.54) is 4.88 Å². The van der Waals surface area contributed by atoms with Crippen molar-refractivity contribution in [3.8, 4) is 5.75 Å². The van der Waals surface area contributed by atoms with Crippen LogP contribution in [0.1, 0.15) is 6.25 Å². The fraction of sp³-hybridized carbons (Fsp3) is 0.0769. The Hall–Kier alpha value is -1.74. The average Bonchev–Trinajstić information content (AvgIpc) is 2.97. The molecular formula is C13H11NOS. The third-order valence-electron chi connectivity index (χ3n) is 2.41. The van der Waals surface area contributed by atoms with Crippen molar-refractivity contribution >= 4 is 22.2 Å². The van der Waals surface area contributed by atoms with Crippen LogP contribution in [-0.2, 0) is 6.61 Å². The lowest BCUT2D eigenvalue weighted by Gasteiger charge is -2.04. The van der Waals surface area contributed by atoms with Crippen molar-refractivity contribution in [3.63, 3.8) is 0 Å². The van der Waals surface area contributed by atoms with Gasteiger partial charge in [-0.2, -0.15) is 0 Å². The van der Waals surface area contributed by atoms with Gasteiger partial charge in [-0.05, 0) is 35.7 Å². The van der Waals surface area contributed by atoms with Gasteiger partial charge in [0.05, 0.1) is 1.37 Å². The summed E-state index contributed by atoms with van der Waals surface area (Å²) in [7, 11) is 0. The molecule has 1 N–H and O–H groups in total. The molecule has 2 aromatic heterocycles. The number of rotatable bonds is 3. The van der Waals surface area contributed by atoms with E-state index in [9.17, 15) is 0 Å². The van der Waals surface area contributed by atoms with E-state index in [4.69, 9.17) is 6.11 Å². The van der Waals surface area contributed by atoms with Crippen LogP contribution in [0.3, 0.4) is 0 Å². The Bertz CT molecular complexity index is 630. The number of nitrogens with one attached hydrogen (secondary N) is 1. The van der Waals surface area contributed by atoms with E-state index in [0.29, 0.717) is 12.6 Å². The van der Waals surface area contributed by atoms with Gasteiger partial charge in [0.2, 0.25) is 0 Å². The molecule has 0 unspecified atom stereocenters. The fourth-order valence-corrected chi connectivity index (χ4v) is 2.22. The molecule has 1 aromatic carbocycles. The topological polar surface area (TPSA) is 25.0 Å². The van der Waals surface area contributed by atoms with Crippen molar-refractivity contribution in [2.75, 3.05) is 0 Å². The van der Waals surface area contributed by atoms with Gasteiger partial charge in [-0.25, -0.2) is 0 Å². The molecule has 0 spiro atoms. The summed E-state index contributed by atoms with van der Waals surface area (Å²) in [5, 5.41) is 2.93. The minimum Gasteiger partial charge on any atom is -0.488 e. The predicted molar refractivity (Wildman–Crippen MR) is 66.9 cm³/mol. The summed E-state index contributed by atoms with van der Waals surface area (Å²) in [6, 6.07) is 10.3. The normalized spacial score (nSPS) is 11.6. The average molecular weight is 230 g/mol. The highest BCUT2D eigenvalue weighted by Crippen LogP contribution is 2.21. The molecule has 0 saturated heterocycles. The fourth-order valence-electron chi connectivity index (χ4n) is 1.60. The largest absolute Gasteiger partial charge is 0.488 e. The Balaban J connectivity index is 1.83. The van der Waals surface area contributed by atoms with Crippen molar-refractivity contribution in [1.82, 2.24) is 4.98 Å². The van der Waals surface area contributed by atoms with E-state index in [1.807, 2.05) is 29.6 Å². The van der Waals surface area contributed by atoms with Crippen LogP contribution >= 0.6 is 11.3 Å². The van der Waals surface area contributed by atoms with Crippen LogP contribution in [0.25, 0.3) is 10.9 Å². The lowest BCUT2D eigenvalue weighted by Crippen LogP contribution is -1.92. The van der Waals surface area contributed by atoms with Crippen LogP contribution in [-0.4, -0.2) is 4.98 Å². The summed E-state index contributed by atoms with van der Waals surface area (Å²) < 4.78 is 13.4. The van der Waals surface area contributed by atoms with Gasteiger partial charge in [-0.3, -0.25) is 0 Å². The number of benzene rings is 1. The molecule has 0 saturated carbocycles. The quantitative estimate of drug-likeness (QED) is 0.727. The first-order valence-electron chi connectivity index (χ1n) is 5.56. The summed E-state index contributed by atoms with van der Waals surface area (Å²) in [6.45, 7) is 0.584. The minimum absolute atomic E-state index is 0.501. The number of H-pyrrole nitrogens is 1. The summed E-state index contributed by atoms with van der Waals surface area (Å²) in [6.07, 6.45) is 1.69. The summed E-state index contributed by atoms with van der Waals surface area (Å²) in [5.41, 5.74) is 0.971. The van der Waals surface area contributed by atoms with Gasteiger partial charge in [0.25, 0.3) is 0 Å². The molecule has 2 heterocycles. The van der Waals surface area contributed by atoms with Crippen LogP contribution in [0.15, 0.2) is 48.0 Å². The van der Waals surface area contributed by atoms with Crippen LogP contribution in [0.4, 0.5) is 0 Å². The second kappa shape index (κ2) is 4.02. The SMILES string of the molecule is [2H]c1c[nH]c2ccc(OCc3cccs3)cc12. The second-order valence-corrected chi connectivity index (χ2v) is 4.54. The minimum atomic E-state index is 0.501. The molecule has 0 bridgehead atoms. The van der Waals surface area contributed by atoms with E-state index >= 15 is 0 Å². The maximum atomic E-state index is 7.73. The van der Waals surface area contributed by atoms with Gasteiger partial charge in [0.1, 0.15) is 12.4 Å². The number of ether oxygens (including phenoxy) is 1. The van der Waals surface area contributed by atoms with Gasteiger partial charge in [-0.15, -0.1) is 11.3 Å². The Kier molecular flexibility index (Phi) is 2.12. The molecule has 80 valence electrons. The highest BCUT2D eigenvalue weighted by molar-refractivity contribution is 7.09. The lowest BCUT2D eigenvalue weighted by molar-refractivity contribution is 0.310. The van der Waals surface area contributed by atoms with Gasteiger partial charge in [0.15, 0.2) is 0 Å². The molecule has 0 amide bonds. The smallest absolute Gasteiger partial charge is 0.122 e. The van der Waals surface area contributed by atoms with Gasteiger partial charge < -0.3 is 9.72 Å². The number of thiophene rings is 1. The molecule has 16 heavy (non-hydrogen) atoms. The Morgan fingerprint density at radius 3 is 3.25 bits per heavy atom. The first-order valence-corrected chi connectivity index (χ1v) is 5.94. The highest BCUT2D eigenvalue weighted by Gasteiger charge is 1.99. The van der Waals surface area contributed by atoms with Gasteiger partial charge in [-0.1, -0.05) is 6.07 Å². The summed E-state index contributed by atoms with van der Waals surface area (Å²) in [4.78, 5) is 4.24. The second-order valence-electron chi connectivity index (χ2n) is 3.51. The molecule has 3 aromatic rings. The van der Waals surface area contributed by atoms with Crippen molar-refractivity contribution in [3.05, 3.63) is 52.8 Å². The zero-order chi connectivity index (χ0) is 11.7. The molecule has 0 radical (unpaired) electrons. The maximum Gasteiger partial charge on any atom is 0.122 e. The third kappa shape index (κ3) is 1.82. The number of hydrogen-bond acceptors (Lipinski definition) is 2. The van der Waals surface area contributed by atoms with Gasteiger partial charge in [0, 0.05) is 22.0 Å². The molecule has 0 aliphatic heterocycles. The number of fused-ring (bicyclic) bond motifs is 1. The summed E-state index contributed by atoms with van der Waals surface area (Å²) >= 11 is 1.68. The Morgan fingerprint density at radius 1 is 1.38 bits per heavy atom. The monoisotopic (exact) mass is 230 g/mol. The zero-order valence-electron chi connectivity index (χ0n) is 9.57. The first-order chi connectivity index (χ1) is 8.33. The van der Waals surface area contributed by atoms with Crippen LogP contribution in [0.2, 0.25) is 0 Å². The molecule has 0 aliphatic carbocycles. The molecule has 0 fully saturated rings. The number of hydrogen-bond donors (Lipinski definition) is 1. The molecule has 3 heteroatoms. The standard InChI is InChI=1S/C13H11NOS/c1-2-12(16-7-1)9-15-11-3-4-13-10(8-11)5-6-14-13/h1-8,14H,9H2/i5D. The van der Waals surface area contributed by atoms with Gasteiger partial charge >= 0.3 is 0 Å². The Morgan fingerprint density at radius 2 is 2.38 bits per heavy atom. The van der Waals surface area contributed by atoms with E-state index in [1.54, 1.807) is 17.5 Å². The number of aromatic nitrogens is 1. The van der Waals surface area contributed by atoms with Crippen molar-refractivity contribution in [1.29, 1.82) is 0 Å². The van der Waals surface area contributed by atoms with E-state index < -0.39 is 0 Å². The van der Waals surface area contributed by atoms with E-state index in [2.05, 4.69) is 11.1 Å². The number of aromatic amines is 1. The molecule has 0 aliphatic rings. The third-order valence-corrected chi connectivity index (χ3v) is 3.26. The first kappa shape index (κ1) is 8.42. The highest BCUT2D eigenvalue weighted by atomic mass is 32.1. The van der Waals surface area contributed by atoms with Crippen molar-refractivity contribution < 1.29 is 6.11 Å². The van der Waals surface area contributed by atoms with E-state index in [0.717, 1.165) is 16.7 Å².